The smallest absolute Gasteiger partial charge is 0.0798 e. The van der Waals surface area contributed by atoms with Crippen LogP contribution < -0.4 is 11.5 Å². The van der Waals surface area contributed by atoms with Gasteiger partial charge in [0.05, 0.1) is 11.2 Å². The van der Waals surface area contributed by atoms with Gasteiger partial charge in [-0.15, -0.1) is 0 Å². The van der Waals surface area contributed by atoms with Gasteiger partial charge in [0.2, 0.25) is 0 Å². The Morgan fingerprint density at radius 2 is 0.967 bits per heavy atom. The van der Waals surface area contributed by atoms with E-state index >= 15 is 0 Å². The predicted octanol–water partition coefficient (Wildman–Crippen LogP) is 5.01. The Kier molecular flexibility index (Phi) is 17.1. The minimum atomic E-state index is -0.759. The van der Waals surface area contributed by atoms with Gasteiger partial charge in [-0.2, -0.15) is 0 Å². The van der Waals surface area contributed by atoms with Gasteiger partial charge in [0.25, 0.3) is 0 Å². The zero-order valence-electron chi connectivity index (χ0n) is 21.2. The molecule has 0 aromatic rings. The molecule has 0 fully saturated rings. The molecule has 0 aliphatic rings. The first-order valence-corrected chi connectivity index (χ1v) is 20.4. The summed E-state index contributed by atoms with van der Waals surface area (Å²) >= 11 is 0. The lowest BCUT2D eigenvalue weighted by Gasteiger charge is -2.32. The van der Waals surface area contributed by atoms with E-state index < -0.39 is 17.6 Å². The van der Waals surface area contributed by atoms with E-state index in [4.69, 9.17) is 20.9 Å². The number of hydrogen-bond acceptors (Lipinski definition) is 6. The Labute approximate surface area is 199 Å². The van der Waals surface area contributed by atoms with Crippen LogP contribution in [0.2, 0.25) is 26.2 Å². The fourth-order valence-corrected chi connectivity index (χ4v) is 14.2. The molecule has 0 radical (unpaired) electrons. The number of rotatable bonds is 19. The number of nitrogens with two attached hydrogens (primary N) is 2. The Morgan fingerprint density at radius 3 is 1.17 bits per heavy atom. The molecule has 0 aromatic carbocycles. The second kappa shape index (κ2) is 16.6. The van der Waals surface area contributed by atoms with Crippen LogP contribution in [-0.2, 0) is 9.47 Å². The second-order valence-corrected chi connectivity index (χ2v) is 19.5. The minimum absolute atomic E-state index is 0.125. The van der Waals surface area contributed by atoms with Gasteiger partial charge >= 0.3 is 0 Å². The Hall–Kier alpha value is 0.974. The maximum Gasteiger partial charge on any atom is 0.0798 e. The summed E-state index contributed by atoms with van der Waals surface area (Å²) in [6.45, 7) is 21.5. The third-order valence-corrected chi connectivity index (χ3v) is 18.5. The van der Waals surface area contributed by atoms with Crippen molar-refractivity contribution in [2.75, 3.05) is 26.3 Å². The standard InChI is InChI=1S/C22H52N2O2S2Si2/c1-9-21(10-2,17-23)25-15-13-19(29(5)6)27-28-20(30(7)8)14-16-26-22(11-3,12-4)18-24/h19-20,29-30H,9-18,23-24H2,1-8H3. The van der Waals surface area contributed by atoms with Gasteiger partial charge in [-0.05, 0) is 38.5 Å². The summed E-state index contributed by atoms with van der Waals surface area (Å²) in [4.78, 5) is 1.48. The van der Waals surface area contributed by atoms with E-state index in [0.29, 0.717) is 13.1 Å². The monoisotopic (exact) mass is 496 g/mol. The van der Waals surface area contributed by atoms with E-state index in [-0.39, 0.29) is 11.2 Å². The van der Waals surface area contributed by atoms with Crippen LogP contribution in [0.1, 0.15) is 66.2 Å². The maximum atomic E-state index is 6.30. The molecule has 0 bridgehead atoms. The normalized spacial score (nSPS) is 15.2. The lowest BCUT2D eigenvalue weighted by Crippen LogP contribution is -2.40. The van der Waals surface area contributed by atoms with Crippen molar-refractivity contribution in [3.63, 3.8) is 0 Å². The molecule has 0 saturated carbocycles. The van der Waals surface area contributed by atoms with Crippen LogP contribution >= 0.6 is 21.6 Å². The average Bonchev–Trinajstić information content (AvgIpc) is 2.75. The van der Waals surface area contributed by atoms with E-state index in [1.165, 1.54) is 0 Å². The van der Waals surface area contributed by atoms with Gasteiger partial charge in [0, 0.05) is 53.6 Å². The average molecular weight is 497 g/mol. The van der Waals surface area contributed by atoms with Crippen LogP contribution in [0.3, 0.4) is 0 Å². The van der Waals surface area contributed by atoms with Gasteiger partial charge in [-0.1, -0.05) is 75.5 Å². The van der Waals surface area contributed by atoms with E-state index in [2.05, 4.69) is 75.5 Å². The van der Waals surface area contributed by atoms with Crippen LogP contribution in [-0.4, -0.2) is 64.8 Å². The van der Waals surface area contributed by atoms with Gasteiger partial charge in [-0.3, -0.25) is 0 Å². The first-order valence-electron chi connectivity index (χ1n) is 12.2. The van der Waals surface area contributed by atoms with Crippen LogP contribution in [0, 0.1) is 0 Å². The maximum absolute atomic E-state index is 6.30. The van der Waals surface area contributed by atoms with Crippen LogP contribution in [0.5, 0.6) is 0 Å². The molecule has 2 atom stereocenters. The molecule has 0 rings (SSSR count). The molecule has 2 unspecified atom stereocenters. The van der Waals surface area contributed by atoms with Crippen molar-refractivity contribution in [1.29, 1.82) is 0 Å². The topological polar surface area (TPSA) is 70.5 Å². The fourth-order valence-electron chi connectivity index (χ4n) is 3.51. The van der Waals surface area contributed by atoms with Crippen molar-refractivity contribution >= 4 is 39.2 Å². The van der Waals surface area contributed by atoms with Gasteiger partial charge in [0.1, 0.15) is 0 Å². The predicted molar refractivity (Wildman–Crippen MR) is 146 cm³/mol. The van der Waals surface area contributed by atoms with Crippen molar-refractivity contribution in [3.05, 3.63) is 0 Å². The Morgan fingerprint density at radius 1 is 0.667 bits per heavy atom. The van der Waals surface area contributed by atoms with Crippen LogP contribution in [0.25, 0.3) is 0 Å². The second-order valence-electron chi connectivity index (χ2n) is 9.22. The highest BCUT2D eigenvalue weighted by molar-refractivity contribution is 8.77. The minimum Gasteiger partial charge on any atom is -0.374 e. The first-order chi connectivity index (χ1) is 14.2. The molecule has 0 amide bonds. The lowest BCUT2D eigenvalue weighted by atomic mass is 9.97. The molecule has 0 heterocycles. The largest absolute Gasteiger partial charge is 0.374 e. The summed E-state index contributed by atoms with van der Waals surface area (Å²) in [6.07, 6.45) is 6.26. The summed E-state index contributed by atoms with van der Waals surface area (Å²) in [5.41, 5.74) is 11.8. The quantitative estimate of drug-likeness (QED) is 0.194. The molecule has 8 heteroatoms. The summed E-state index contributed by atoms with van der Waals surface area (Å²) in [5.74, 6) is 0. The van der Waals surface area contributed by atoms with E-state index in [0.717, 1.165) is 61.5 Å². The molecule has 4 N–H and O–H groups in total. The molecule has 0 aliphatic carbocycles. The molecular weight excluding hydrogens is 445 g/mol. The highest BCUT2D eigenvalue weighted by Gasteiger charge is 2.28. The van der Waals surface area contributed by atoms with Gasteiger partial charge < -0.3 is 20.9 Å². The highest BCUT2D eigenvalue weighted by atomic mass is 33.1. The molecule has 4 nitrogen and oxygen atoms in total. The Balaban J connectivity index is 4.67. The molecule has 0 aromatic heterocycles. The highest BCUT2D eigenvalue weighted by Crippen LogP contribution is 2.37. The molecule has 30 heavy (non-hydrogen) atoms. The molecular formula is C22H52N2O2S2Si2. The zero-order valence-corrected chi connectivity index (χ0v) is 25.1. The molecule has 0 saturated heterocycles. The molecule has 0 spiro atoms. The summed E-state index contributed by atoms with van der Waals surface area (Å²) < 4.78 is 12.6. The molecule has 182 valence electrons. The summed E-state index contributed by atoms with van der Waals surface area (Å²) in [6, 6.07) is 0. The van der Waals surface area contributed by atoms with Gasteiger partial charge in [-0.25, -0.2) is 0 Å². The SMILES string of the molecule is CCC(CC)(CN)OCCC(SSC(CCOC(CC)(CC)CN)[SiH](C)C)[SiH](C)C. The van der Waals surface area contributed by atoms with Crippen molar-refractivity contribution in [1.82, 2.24) is 0 Å². The number of ether oxygens (including phenoxy) is 2. The third kappa shape index (κ3) is 10.7. The van der Waals surface area contributed by atoms with Crippen molar-refractivity contribution in [2.24, 2.45) is 11.5 Å². The summed E-state index contributed by atoms with van der Waals surface area (Å²) in [7, 11) is 2.75. The fraction of sp³-hybridized carbons (Fsp3) is 1.00. The summed E-state index contributed by atoms with van der Waals surface area (Å²) in [5, 5.41) is 0. The van der Waals surface area contributed by atoms with Crippen LogP contribution in [0.4, 0.5) is 0 Å². The zero-order chi connectivity index (χ0) is 23.2. The van der Waals surface area contributed by atoms with E-state index in [1.807, 2.05) is 0 Å². The third-order valence-electron chi connectivity index (χ3n) is 6.73. The molecule has 0 aliphatic heterocycles. The van der Waals surface area contributed by atoms with E-state index in [1.54, 1.807) is 0 Å². The lowest BCUT2D eigenvalue weighted by molar-refractivity contribution is -0.0445. The van der Waals surface area contributed by atoms with Gasteiger partial charge in [0.15, 0.2) is 0 Å². The van der Waals surface area contributed by atoms with Crippen molar-refractivity contribution in [3.8, 4) is 0 Å². The Bertz CT molecular complexity index is 369. The van der Waals surface area contributed by atoms with E-state index in [9.17, 15) is 0 Å². The number of hydrogen-bond donors (Lipinski definition) is 2. The first kappa shape index (κ1) is 31.0. The van der Waals surface area contributed by atoms with Crippen molar-refractivity contribution < 1.29 is 9.47 Å². The van der Waals surface area contributed by atoms with Crippen molar-refractivity contribution in [2.45, 2.75) is 113 Å². The van der Waals surface area contributed by atoms with Crippen LogP contribution in [0.15, 0.2) is 0 Å².